The van der Waals surface area contributed by atoms with Crippen molar-refractivity contribution in [1.82, 2.24) is 24.9 Å². The van der Waals surface area contributed by atoms with E-state index in [-0.39, 0.29) is 31.1 Å². The summed E-state index contributed by atoms with van der Waals surface area (Å²) in [7, 11) is 0. The third-order valence-electron chi connectivity index (χ3n) is 5.59. The highest BCUT2D eigenvalue weighted by Gasteiger charge is 2.40. The number of hydrogen-bond acceptors (Lipinski definition) is 7. The number of fused-ring (bicyclic) bond motifs is 1. The SMILES string of the molecule is O=c1cc(COC2(C(O)NCCO)CCCCC2)nc2nc(-c3ccccc3)[nH]n12. The molecule has 9 nitrogen and oxygen atoms in total. The van der Waals surface area contributed by atoms with Gasteiger partial charge in [-0.25, -0.2) is 4.98 Å². The Kier molecular flexibility index (Phi) is 6.24. The number of nitrogens with zero attached hydrogens (tertiary/aromatic N) is 3. The molecule has 0 amide bonds. The second-order valence-electron chi connectivity index (χ2n) is 7.65. The maximum absolute atomic E-state index is 12.6. The van der Waals surface area contributed by atoms with E-state index in [9.17, 15) is 9.90 Å². The lowest BCUT2D eigenvalue weighted by Crippen LogP contribution is -2.54. The molecule has 4 N–H and O–H groups in total. The third kappa shape index (κ3) is 4.29. The molecular formula is C21H27N5O4. The van der Waals surface area contributed by atoms with Gasteiger partial charge in [-0.15, -0.1) is 0 Å². The minimum absolute atomic E-state index is 0.0644. The van der Waals surface area contributed by atoms with E-state index in [4.69, 9.17) is 9.84 Å². The number of H-pyrrole nitrogens is 1. The molecule has 1 saturated carbocycles. The number of aliphatic hydroxyl groups is 2. The predicted octanol–water partition coefficient (Wildman–Crippen LogP) is 1.20. The first kappa shape index (κ1) is 20.7. The molecule has 1 fully saturated rings. The largest absolute Gasteiger partial charge is 0.395 e. The van der Waals surface area contributed by atoms with Crippen LogP contribution in [0.5, 0.6) is 0 Å². The van der Waals surface area contributed by atoms with Crippen LogP contribution in [0, 0.1) is 0 Å². The standard InChI is InChI=1S/C21H27N5O4/c27-12-11-22-19(29)21(9-5-2-6-10-21)30-14-16-13-17(28)26-20(23-16)24-18(25-26)15-7-3-1-4-8-15/h1,3-4,7-8,13,19,22,27,29H,2,5-6,9-12,14H2,(H,23,24,25). The van der Waals surface area contributed by atoms with Crippen molar-refractivity contribution in [3.8, 4) is 11.4 Å². The van der Waals surface area contributed by atoms with Gasteiger partial charge in [0.25, 0.3) is 11.3 Å². The van der Waals surface area contributed by atoms with Gasteiger partial charge < -0.3 is 14.9 Å². The van der Waals surface area contributed by atoms with Gasteiger partial charge in [-0.1, -0.05) is 49.6 Å². The number of aromatic amines is 1. The Morgan fingerprint density at radius 2 is 1.97 bits per heavy atom. The Balaban J connectivity index is 1.56. The fourth-order valence-electron chi connectivity index (χ4n) is 3.98. The highest BCUT2D eigenvalue weighted by Crippen LogP contribution is 2.34. The number of aromatic nitrogens is 4. The van der Waals surface area contributed by atoms with Crippen molar-refractivity contribution in [2.45, 2.75) is 50.5 Å². The Morgan fingerprint density at radius 1 is 1.20 bits per heavy atom. The van der Waals surface area contributed by atoms with Crippen molar-refractivity contribution in [1.29, 1.82) is 0 Å². The molecule has 0 saturated heterocycles. The maximum atomic E-state index is 12.6. The van der Waals surface area contributed by atoms with Crippen molar-refractivity contribution in [3.05, 3.63) is 52.4 Å². The molecule has 1 aliphatic carbocycles. The van der Waals surface area contributed by atoms with Crippen molar-refractivity contribution in [3.63, 3.8) is 0 Å². The molecule has 1 aliphatic rings. The van der Waals surface area contributed by atoms with E-state index in [0.717, 1.165) is 24.8 Å². The van der Waals surface area contributed by atoms with Gasteiger partial charge in [0.15, 0.2) is 5.82 Å². The highest BCUT2D eigenvalue weighted by atomic mass is 16.5. The number of ether oxygens (including phenoxy) is 1. The number of nitrogens with one attached hydrogen (secondary N) is 2. The monoisotopic (exact) mass is 413 g/mol. The molecule has 1 atom stereocenters. The van der Waals surface area contributed by atoms with Crippen molar-refractivity contribution >= 4 is 5.78 Å². The molecule has 9 heteroatoms. The van der Waals surface area contributed by atoms with Gasteiger partial charge >= 0.3 is 0 Å². The van der Waals surface area contributed by atoms with E-state index in [1.54, 1.807) is 0 Å². The number of benzene rings is 1. The van der Waals surface area contributed by atoms with E-state index in [0.29, 0.717) is 24.4 Å². The lowest BCUT2D eigenvalue weighted by atomic mass is 9.83. The molecule has 2 aromatic heterocycles. The summed E-state index contributed by atoms with van der Waals surface area (Å²) >= 11 is 0. The van der Waals surface area contributed by atoms with Crippen LogP contribution >= 0.6 is 0 Å². The van der Waals surface area contributed by atoms with Gasteiger partial charge in [0.05, 0.1) is 18.9 Å². The zero-order valence-corrected chi connectivity index (χ0v) is 16.8. The van der Waals surface area contributed by atoms with Crippen molar-refractivity contribution in [2.24, 2.45) is 0 Å². The zero-order valence-electron chi connectivity index (χ0n) is 16.8. The fourth-order valence-corrected chi connectivity index (χ4v) is 3.98. The first-order valence-electron chi connectivity index (χ1n) is 10.3. The first-order valence-corrected chi connectivity index (χ1v) is 10.3. The predicted molar refractivity (Wildman–Crippen MR) is 111 cm³/mol. The minimum atomic E-state index is -0.898. The Labute approximate surface area is 173 Å². The first-order chi connectivity index (χ1) is 14.6. The smallest absolute Gasteiger partial charge is 0.274 e. The van der Waals surface area contributed by atoms with Gasteiger partial charge in [-0.05, 0) is 12.8 Å². The fraction of sp³-hybridized carbons (Fsp3) is 0.476. The minimum Gasteiger partial charge on any atom is -0.395 e. The molecular weight excluding hydrogens is 386 g/mol. The van der Waals surface area contributed by atoms with E-state index in [1.807, 2.05) is 30.3 Å². The molecule has 2 heterocycles. The summed E-state index contributed by atoms with van der Waals surface area (Å²) in [6.07, 6.45) is 3.51. The average molecular weight is 413 g/mol. The quantitative estimate of drug-likeness (QED) is 0.409. The Morgan fingerprint density at radius 3 is 2.70 bits per heavy atom. The second kappa shape index (κ2) is 9.05. The molecule has 0 spiro atoms. The molecule has 160 valence electrons. The van der Waals surface area contributed by atoms with Crippen LogP contribution < -0.4 is 10.9 Å². The molecule has 30 heavy (non-hydrogen) atoms. The normalized spacial score (nSPS) is 17.3. The molecule has 1 unspecified atom stereocenters. The van der Waals surface area contributed by atoms with Crippen LogP contribution in [0.2, 0.25) is 0 Å². The van der Waals surface area contributed by atoms with Crippen molar-refractivity contribution in [2.75, 3.05) is 13.2 Å². The molecule has 4 rings (SSSR count). The average Bonchev–Trinajstić information content (AvgIpc) is 3.22. The van der Waals surface area contributed by atoms with Crippen LogP contribution in [-0.2, 0) is 11.3 Å². The summed E-state index contributed by atoms with van der Waals surface area (Å²) in [6.45, 7) is 0.315. The van der Waals surface area contributed by atoms with Gasteiger partial charge in [-0.3, -0.25) is 15.2 Å². The van der Waals surface area contributed by atoms with E-state index in [1.165, 1.54) is 10.6 Å². The van der Waals surface area contributed by atoms with E-state index in [2.05, 4.69) is 20.4 Å². The molecule has 1 aromatic carbocycles. The lowest BCUT2D eigenvalue weighted by molar-refractivity contribution is -0.161. The summed E-state index contributed by atoms with van der Waals surface area (Å²) in [5.41, 5.74) is 0.288. The molecule has 0 aliphatic heterocycles. The third-order valence-corrected chi connectivity index (χ3v) is 5.59. The van der Waals surface area contributed by atoms with Gasteiger partial charge in [0.1, 0.15) is 11.8 Å². The van der Waals surface area contributed by atoms with Crippen LogP contribution in [0.25, 0.3) is 17.2 Å². The topological polar surface area (TPSA) is 125 Å². The number of aliphatic hydroxyl groups excluding tert-OH is 2. The highest BCUT2D eigenvalue weighted by molar-refractivity contribution is 5.56. The number of rotatable bonds is 8. The summed E-state index contributed by atoms with van der Waals surface area (Å²) in [5.74, 6) is 0.835. The molecule has 0 bridgehead atoms. The summed E-state index contributed by atoms with van der Waals surface area (Å²) in [4.78, 5) is 21.5. The number of hydrogen-bond donors (Lipinski definition) is 4. The van der Waals surface area contributed by atoms with E-state index >= 15 is 0 Å². The van der Waals surface area contributed by atoms with Crippen molar-refractivity contribution < 1.29 is 14.9 Å². The van der Waals surface area contributed by atoms with Gasteiger partial charge in [-0.2, -0.15) is 9.50 Å². The summed E-state index contributed by atoms with van der Waals surface area (Å²) in [5, 5.41) is 25.6. The van der Waals surface area contributed by atoms with Crippen LogP contribution in [-0.4, -0.2) is 54.8 Å². The summed E-state index contributed by atoms with van der Waals surface area (Å²) in [6, 6.07) is 10.9. The van der Waals surface area contributed by atoms with Crippen LogP contribution in [0.4, 0.5) is 0 Å². The van der Waals surface area contributed by atoms with E-state index < -0.39 is 11.8 Å². The van der Waals surface area contributed by atoms with Crippen LogP contribution in [0.1, 0.15) is 37.8 Å². The lowest BCUT2D eigenvalue weighted by Gasteiger charge is -2.41. The maximum Gasteiger partial charge on any atom is 0.274 e. The van der Waals surface area contributed by atoms with Gasteiger partial charge in [0.2, 0.25) is 0 Å². The Bertz CT molecular complexity index is 1030. The Hall–Kier alpha value is -2.59. The molecule has 3 aromatic rings. The van der Waals surface area contributed by atoms with Crippen LogP contribution in [0.3, 0.4) is 0 Å². The van der Waals surface area contributed by atoms with Crippen LogP contribution in [0.15, 0.2) is 41.2 Å². The van der Waals surface area contributed by atoms with Gasteiger partial charge in [0, 0.05) is 18.2 Å². The second-order valence-corrected chi connectivity index (χ2v) is 7.65. The molecule has 0 radical (unpaired) electrons. The zero-order chi connectivity index (χ0) is 21.0. The summed E-state index contributed by atoms with van der Waals surface area (Å²) < 4.78 is 7.47.